The summed E-state index contributed by atoms with van der Waals surface area (Å²) in [5.74, 6) is -0.493. The van der Waals surface area contributed by atoms with Crippen molar-refractivity contribution in [3.8, 4) is 0 Å². The number of hydrogen-bond acceptors (Lipinski definition) is 7. The lowest BCUT2D eigenvalue weighted by Gasteiger charge is -2.33. The second kappa shape index (κ2) is 14.8. The maximum Gasteiger partial charge on any atom is 0.410 e. The Morgan fingerprint density at radius 2 is 1.82 bits per heavy atom. The summed E-state index contributed by atoms with van der Waals surface area (Å²) >= 11 is 1.42. The highest BCUT2D eigenvalue weighted by molar-refractivity contribution is 7.09. The number of thiazole rings is 1. The van der Waals surface area contributed by atoms with Crippen LogP contribution in [0.5, 0.6) is 0 Å². The number of hydrogen-bond donors (Lipinski definition) is 1. The van der Waals surface area contributed by atoms with Crippen LogP contribution in [0, 0.1) is 5.92 Å². The van der Waals surface area contributed by atoms with Crippen molar-refractivity contribution >= 4 is 29.3 Å². The Balaban J connectivity index is 2.10. The molecule has 1 heterocycles. The van der Waals surface area contributed by atoms with E-state index in [4.69, 9.17) is 9.47 Å². The third-order valence-corrected chi connectivity index (χ3v) is 6.96. The van der Waals surface area contributed by atoms with E-state index in [1.54, 1.807) is 37.3 Å². The first-order chi connectivity index (χ1) is 18.3. The van der Waals surface area contributed by atoms with Crippen molar-refractivity contribution in [1.29, 1.82) is 0 Å². The number of benzene rings is 1. The summed E-state index contributed by atoms with van der Waals surface area (Å²) in [4.78, 5) is 44.1. The van der Waals surface area contributed by atoms with Gasteiger partial charge in [-0.1, -0.05) is 50.3 Å². The molecule has 1 aromatic heterocycles. The minimum absolute atomic E-state index is 0.0349. The van der Waals surface area contributed by atoms with Crippen LogP contribution in [-0.2, 0) is 27.1 Å². The predicted molar refractivity (Wildman–Crippen MR) is 155 cm³/mol. The van der Waals surface area contributed by atoms with Crippen LogP contribution in [0.25, 0.3) is 0 Å². The molecule has 0 saturated heterocycles. The van der Waals surface area contributed by atoms with E-state index in [-0.39, 0.29) is 30.6 Å². The molecule has 2 atom stereocenters. The molecular weight excluding hydrogens is 514 g/mol. The third kappa shape index (κ3) is 10.8. The first-order valence-corrected chi connectivity index (χ1v) is 14.3. The van der Waals surface area contributed by atoms with E-state index in [1.807, 2.05) is 51.1 Å². The van der Waals surface area contributed by atoms with Crippen LogP contribution in [0.2, 0.25) is 0 Å². The fourth-order valence-electron chi connectivity index (χ4n) is 4.12. The highest BCUT2D eigenvalue weighted by Gasteiger charge is 2.27. The molecule has 1 N–H and O–H groups in total. The Hall–Kier alpha value is -3.20. The molecule has 0 unspecified atom stereocenters. The molecule has 0 aliphatic heterocycles. The van der Waals surface area contributed by atoms with E-state index in [1.165, 1.54) is 11.3 Å². The average Bonchev–Trinajstić information content (AvgIpc) is 3.32. The average molecular weight is 558 g/mol. The molecule has 8 nitrogen and oxygen atoms in total. The lowest BCUT2D eigenvalue weighted by molar-refractivity contribution is -0.138. The fraction of sp³-hybridized carbons (Fsp3) is 0.533. The number of rotatable bonds is 12. The van der Waals surface area contributed by atoms with Crippen LogP contribution in [0.4, 0.5) is 4.79 Å². The third-order valence-electron chi connectivity index (χ3n) is 6.05. The topological polar surface area (TPSA) is 97.8 Å². The highest BCUT2D eigenvalue weighted by Crippen LogP contribution is 2.21. The normalized spacial score (nSPS) is 13.5. The predicted octanol–water partition coefficient (Wildman–Crippen LogP) is 5.82. The Bertz CT molecular complexity index is 1120. The van der Waals surface area contributed by atoms with Crippen LogP contribution in [-0.4, -0.2) is 59.2 Å². The summed E-state index contributed by atoms with van der Waals surface area (Å²) < 4.78 is 10.6. The molecule has 0 radical (unpaired) electrons. The van der Waals surface area contributed by atoms with Gasteiger partial charge in [-0.25, -0.2) is 14.6 Å². The number of amides is 2. The van der Waals surface area contributed by atoms with Gasteiger partial charge in [0.2, 0.25) is 0 Å². The Morgan fingerprint density at radius 3 is 2.41 bits per heavy atom. The van der Waals surface area contributed by atoms with Gasteiger partial charge in [-0.3, -0.25) is 4.79 Å². The molecule has 0 aliphatic carbocycles. The molecule has 39 heavy (non-hydrogen) atoms. The molecule has 2 aromatic rings. The first kappa shape index (κ1) is 32.0. The lowest BCUT2D eigenvalue weighted by atomic mass is 9.98. The number of ether oxygens (including phenoxy) is 2. The van der Waals surface area contributed by atoms with Gasteiger partial charge in [0.05, 0.1) is 17.7 Å². The number of carbonyl (C=O) groups is 3. The summed E-state index contributed by atoms with van der Waals surface area (Å²) in [6.45, 7) is 13.4. The van der Waals surface area contributed by atoms with Gasteiger partial charge in [0, 0.05) is 30.5 Å². The van der Waals surface area contributed by atoms with E-state index < -0.39 is 17.6 Å². The van der Waals surface area contributed by atoms with Crippen molar-refractivity contribution in [2.45, 2.75) is 85.4 Å². The van der Waals surface area contributed by atoms with Gasteiger partial charge in [0.25, 0.3) is 5.91 Å². The monoisotopic (exact) mass is 557 g/mol. The molecule has 0 aliphatic rings. The zero-order chi connectivity index (χ0) is 29.2. The maximum atomic E-state index is 13.1. The highest BCUT2D eigenvalue weighted by atomic mass is 32.1. The van der Waals surface area contributed by atoms with Crippen LogP contribution in [0.1, 0.15) is 75.9 Å². The van der Waals surface area contributed by atoms with Gasteiger partial charge in [-0.05, 0) is 58.9 Å². The number of carbonyl (C=O) groups excluding carboxylic acids is 3. The van der Waals surface area contributed by atoms with E-state index in [0.29, 0.717) is 30.5 Å². The number of aromatic nitrogens is 1. The van der Waals surface area contributed by atoms with Gasteiger partial charge in [0.1, 0.15) is 11.3 Å². The van der Waals surface area contributed by atoms with E-state index in [0.717, 1.165) is 10.6 Å². The largest absolute Gasteiger partial charge is 0.463 e. The molecule has 0 bridgehead atoms. The van der Waals surface area contributed by atoms with Crippen LogP contribution in [0.3, 0.4) is 0 Å². The fourth-order valence-corrected chi connectivity index (χ4v) is 4.92. The van der Waals surface area contributed by atoms with Gasteiger partial charge in [-0.2, -0.15) is 0 Å². The quantitative estimate of drug-likeness (QED) is 0.261. The minimum Gasteiger partial charge on any atom is -0.463 e. The smallest absolute Gasteiger partial charge is 0.410 e. The van der Waals surface area contributed by atoms with Gasteiger partial charge in [0.15, 0.2) is 0 Å². The van der Waals surface area contributed by atoms with E-state index >= 15 is 0 Å². The summed E-state index contributed by atoms with van der Waals surface area (Å²) in [6, 6.07) is 9.32. The minimum atomic E-state index is -0.563. The number of nitrogens with one attached hydrogen (secondary N) is 1. The van der Waals surface area contributed by atoms with Gasteiger partial charge in [-0.15, -0.1) is 11.3 Å². The lowest BCUT2D eigenvalue weighted by Crippen LogP contribution is -2.43. The summed E-state index contributed by atoms with van der Waals surface area (Å²) in [7, 11) is 1.76. The zero-order valence-corrected chi connectivity index (χ0v) is 25.3. The zero-order valence-electron chi connectivity index (χ0n) is 24.4. The molecule has 0 saturated carbocycles. The molecule has 0 spiro atoms. The summed E-state index contributed by atoms with van der Waals surface area (Å²) in [5, 5.41) is 5.58. The molecule has 9 heteroatoms. The van der Waals surface area contributed by atoms with Crippen LogP contribution < -0.4 is 5.32 Å². The second-order valence-electron chi connectivity index (χ2n) is 10.9. The van der Waals surface area contributed by atoms with Crippen molar-refractivity contribution in [1.82, 2.24) is 15.2 Å². The van der Waals surface area contributed by atoms with Gasteiger partial charge < -0.3 is 19.7 Å². The molecular formula is C30H43N3O5S. The Kier molecular flexibility index (Phi) is 12.2. The molecule has 214 valence electrons. The maximum absolute atomic E-state index is 13.1. The van der Waals surface area contributed by atoms with Crippen LogP contribution in [0.15, 0.2) is 47.4 Å². The Labute approximate surface area is 236 Å². The summed E-state index contributed by atoms with van der Waals surface area (Å²) in [5.41, 5.74) is 1.23. The first-order valence-electron chi connectivity index (χ1n) is 13.4. The van der Waals surface area contributed by atoms with Crippen molar-refractivity contribution in [2.24, 2.45) is 5.92 Å². The second-order valence-corrected chi connectivity index (χ2v) is 11.9. The SMILES string of the molecule is CCOC(=O)/C(C)=C/[C@H](Cc1ccccc1)NC(=O)c1csc(CC[C@H](C(C)C)N(C)C(=O)OC(C)(C)C)n1. The number of esters is 1. The van der Waals surface area contributed by atoms with Crippen LogP contribution >= 0.6 is 11.3 Å². The Morgan fingerprint density at radius 1 is 1.15 bits per heavy atom. The van der Waals surface area contributed by atoms with Crippen molar-refractivity contribution in [3.05, 3.63) is 63.6 Å². The van der Waals surface area contributed by atoms with Crippen molar-refractivity contribution in [2.75, 3.05) is 13.7 Å². The van der Waals surface area contributed by atoms with E-state index in [9.17, 15) is 14.4 Å². The number of aryl methyl sites for hydroxylation is 1. The molecule has 0 fully saturated rings. The molecule has 2 rings (SSSR count). The molecule has 2 amide bonds. The number of nitrogens with zero attached hydrogens (tertiary/aromatic N) is 2. The summed E-state index contributed by atoms with van der Waals surface area (Å²) in [6.07, 6.45) is 3.23. The standard InChI is InChI=1S/C30H43N3O5S/c1-9-37-28(35)21(4)17-23(18-22-13-11-10-12-14-22)31-27(34)24-19-39-26(32-24)16-15-25(20(2)3)33(8)29(36)38-30(5,6)7/h10-14,17,19-20,23,25H,9,15-16,18H2,1-8H3,(H,31,34)/b21-17+/t23-,25-/m1/s1. The molecule has 1 aromatic carbocycles. The van der Waals surface area contributed by atoms with Gasteiger partial charge >= 0.3 is 12.1 Å². The van der Waals surface area contributed by atoms with E-state index in [2.05, 4.69) is 24.1 Å². The van der Waals surface area contributed by atoms with Crippen molar-refractivity contribution in [3.63, 3.8) is 0 Å². The van der Waals surface area contributed by atoms with Crippen molar-refractivity contribution < 1.29 is 23.9 Å².